The van der Waals surface area contributed by atoms with Crippen LogP contribution in [-0.2, 0) is 6.42 Å². The SMILES string of the molecule is NCCCc1noc(-c2ccc(Cl)cc2F)n1. The molecule has 0 saturated heterocycles. The van der Waals surface area contributed by atoms with Gasteiger partial charge in [0.1, 0.15) is 5.82 Å². The van der Waals surface area contributed by atoms with Crippen LogP contribution in [0, 0.1) is 5.82 Å². The fourth-order valence-electron chi connectivity index (χ4n) is 1.39. The topological polar surface area (TPSA) is 64.9 Å². The Morgan fingerprint density at radius 3 is 2.94 bits per heavy atom. The van der Waals surface area contributed by atoms with Crippen LogP contribution >= 0.6 is 11.6 Å². The van der Waals surface area contributed by atoms with Crippen molar-refractivity contribution in [3.8, 4) is 11.5 Å². The second kappa shape index (κ2) is 5.25. The number of nitrogens with zero attached hydrogens (tertiary/aromatic N) is 2. The molecule has 0 fully saturated rings. The number of halogens is 2. The van der Waals surface area contributed by atoms with Gasteiger partial charge in [-0.25, -0.2) is 4.39 Å². The zero-order valence-electron chi connectivity index (χ0n) is 8.99. The monoisotopic (exact) mass is 255 g/mol. The van der Waals surface area contributed by atoms with Crippen LogP contribution in [0.1, 0.15) is 12.2 Å². The molecule has 0 saturated carbocycles. The fraction of sp³-hybridized carbons (Fsp3) is 0.273. The van der Waals surface area contributed by atoms with Crippen LogP contribution < -0.4 is 5.73 Å². The lowest BCUT2D eigenvalue weighted by molar-refractivity contribution is 0.419. The average Bonchev–Trinajstić information content (AvgIpc) is 2.75. The van der Waals surface area contributed by atoms with Gasteiger partial charge in [-0.05, 0) is 31.2 Å². The number of hydrogen-bond donors (Lipinski definition) is 1. The third-order valence-electron chi connectivity index (χ3n) is 2.23. The predicted molar refractivity (Wildman–Crippen MR) is 62.1 cm³/mol. The zero-order chi connectivity index (χ0) is 12.3. The molecule has 2 aromatic rings. The summed E-state index contributed by atoms with van der Waals surface area (Å²) >= 11 is 5.66. The largest absolute Gasteiger partial charge is 0.334 e. The molecule has 4 nitrogen and oxygen atoms in total. The van der Waals surface area contributed by atoms with Crippen molar-refractivity contribution in [2.24, 2.45) is 5.73 Å². The highest BCUT2D eigenvalue weighted by atomic mass is 35.5. The molecule has 0 atom stereocenters. The maximum Gasteiger partial charge on any atom is 0.260 e. The van der Waals surface area contributed by atoms with Crippen molar-refractivity contribution in [1.82, 2.24) is 10.1 Å². The van der Waals surface area contributed by atoms with Gasteiger partial charge in [-0.2, -0.15) is 4.98 Å². The van der Waals surface area contributed by atoms with E-state index < -0.39 is 5.82 Å². The predicted octanol–water partition coefficient (Wildman–Crippen LogP) is 2.42. The second-order valence-corrected chi connectivity index (χ2v) is 3.97. The first-order valence-corrected chi connectivity index (χ1v) is 5.56. The van der Waals surface area contributed by atoms with Gasteiger partial charge in [0.05, 0.1) is 5.56 Å². The number of nitrogens with two attached hydrogens (primary N) is 1. The number of hydrogen-bond acceptors (Lipinski definition) is 4. The Bertz CT molecular complexity index is 515. The molecule has 0 spiro atoms. The van der Waals surface area contributed by atoms with Gasteiger partial charge in [0.25, 0.3) is 5.89 Å². The van der Waals surface area contributed by atoms with Crippen molar-refractivity contribution in [3.05, 3.63) is 34.9 Å². The van der Waals surface area contributed by atoms with Crippen molar-refractivity contribution in [2.45, 2.75) is 12.8 Å². The van der Waals surface area contributed by atoms with Gasteiger partial charge in [0.15, 0.2) is 5.82 Å². The summed E-state index contributed by atoms with van der Waals surface area (Å²) in [6.45, 7) is 0.555. The Morgan fingerprint density at radius 2 is 2.24 bits per heavy atom. The minimum Gasteiger partial charge on any atom is -0.334 e. The van der Waals surface area contributed by atoms with Gasteiger partial charge in [-0.1, -0.05) is 16.8 Å². The molecular weight excluding hydrogens is 245 g/mol. The highest BCUT2D eigenvalue weighted by molar-refractivity contribution is 6.30. The lowest BCUT2D eigenvalue weighted by Gasteiger charge is -1.96. The molecule has 1 aromatic heterocycles. The van der Waals surface area contributed by atoms with E-state index in [4.69, 9.17) is 21.9 Å². The molecule has 1 aromatic carbocycles. The molecule has 0 bridgehead atoms. The Kier molecular flexibility index (Phi) is 3.71. The molecule has 2 rings (SSSR count). The number of aryl methyl sites for hydroxylation is 1. The molecular formula is C11H11ClFN3O. The highest BCUT2D eigenvalue weighted by Gasteiger charge is 2.13. The maximum absolute atomic E-state index is 13.6. The molecule has 0 aliphatic carbocycles. The quantitative estimate of drug-likeness (QED) is 0.911. The first-order chi connectivity index (χ1) is 8.20. The maximum atomic E-state index is 13.6. The standard InChI is InChI=1S/C11H11ClFN3O/c12-7-3-4-8(9(13)6-7)11-15-10(16-17-11)2-1-5-14/h3-4,6H,1-2,5,14H2. The minimum absolute atomic E-state index is 0.159. The van der Waals surface area contributed by atoms with Gasteiger partial charge in [-0.15, -0.1) is 0 Å². The summed E-state index contributed by atoms with van der Waals surface area (Å²) in [6.07, 6.45) is 1.39. The second-order valence-electron chi connectivity index (χ2n) is 3.53. The molecule has 0 radical (unpaired) electrons. The minimum atomic E-state index is -0.480. The third kappa shape index (κ3) is 2.81. The van der Waals surface area contributed by atoms with Gasteiger partial charge >= 0.3 is 0 Å². The van der Waals surface area contributed by atoms with Gasteiger partial charge < -0.3 is 10.3 Å². The summed E-state index contributed by atoms with van der Waals surface area (Å²) in [5.41, 5.74) is 5.63. The van der Waals surface area contributed by atoms with Crippen LogP contribution in [0.3, 0.4) is 0 Å². The van der Waals surface area contributed by atoms with Crippen LogP contribution in [0.25, 0.3) is 11.5 Å². The first kappa shape index (κ1) is 12.0. The Hall–Kier alpha value is -1.46. The summed E-state index contributed by atoms with van der Waals surface area (Å²) in [6, 6.07) is 4.29. The summed E-state index contributed by atoms with van der Waals surface area (Å²) in [4.78, 5) is 4.09. The fourth-order valence-corrected chi connectivity index (χ4v) is 1.55. The van der Waals surface area contributed by atoms with Crippen LogP contribution in [0.5, 0.6) is 0 Å². The smallest absolute Gasteiger partial charge is 0.260 e. The molecule has 2 N–H and O–H groups in total. The molecule has 1 heterocycles. The molecule has 0 aliphatic heterocycles. The van der Waals surface area contributed by atoms with E-state index in [9.17, 15) is 4.39 Å². The third-order valence-corrected chi connectivity index (χ3v) is 2.47. The average molecular weight is 256 g/mol. The van der Waals surface area contributed by atoms with Crippen molar-refractivity contribution in [3.63, 3.8) is 0 Å². The van der Waals surface area contributed by atoms with E-state index in [1.165, 1.54) is 12.1 Å². The van der Waals surface area contributed by atoms with Crippen LogP contribution in [-0.4, -0.2) is 16.7 Å². The van der Waals surface area contributed by atoms with Crippen LogP contribution in [0.15, 0.2) is 22.7 Å². The van der Waals surface area contributed by atoms with Crippen LogP contribution in [0.4, 0.5) is 4.39 Å². The lowest BCUT2D eigenvalue weighted by atomic mass is 10.2. The molecule has 0 amide bonds. The van der Waals surface area contributed by atoms with Crippen molar-refractivity contribution >= 4 is 11.6 Å². The summed E-state index contributed by atoms with van der Waals surface area (Å²) < 4.78 is 18.5. The Labute approximate surface area is 103 Å². The van der Waals surface area contributed by atoms with Gasteiger partial charge in [0.2, 0.25) is 0 Å². The lowest BCUT2D eigenvalue weighted by Crippen LogP contribution is -2.01. The highest BCUT2D eigenvalue weighted by Crippen LogP contribution is 2.23. The van der Waals surface area contributed by atoms with E-state index in [1.807, 2.05) is 0 Å². The number of aromatic nitrogens is 2. The van der Waals surface area contributed by atoms with Crippen molar-refractivity contribution in [2.75, 3.05) is 6.54 Å². The normalized spacial score (nSPS) is 10.8. The molecule has 0 aliphatic rings. The molecule has 17 heavy (non-hydrogen) atoms. The van der Waals surface area contributed by atoms with E-state index in [-0.39, 0.29) is 11.5 Å². The summed E-state index contributed by atoms with van der Waals surface area (Å²) in [7, 11) is 0. The number of benzene rings is 1. The summed E-state index contributed by atoms with van der Waals surface area (Å²) in [5, 5.41) is 4.08. The first-order valence-electron chi connectivity index (χ1n) is 5.19. The summed E-state index contributed by atoms with van der Waals surface area (Å²) in [5.74, 6) is 0.206. The van der Waals surface area contributed by atoms with Gasteiger partial charge in [0, 0.05) is 11.4 Å². The van der Waals surface area contributed by atoms with E-state index in [1.54, 1.807) is 6.07 Å². The van der Waals surface area contributed by atoms with Crippen molar-refractivity contribution in [1.29, 1.82) is 0 Å². The number of rotatable bonds is 4. The molecule has 6 heteroatoms. The van der Waals surface area contributed by atoms with E-state index in [0.29, 0.717) is 23.8 Å². The van der Waals surface area contributed by atoms with Gasteiger partial charge in [-0.3, -0.25) is 0 Å². The zero-order valence-corrected chi connectivity index (χ0v) is 9.75. The van der Waals surface area contributed by atoms with E-state index in [0.717, 1.165) is 6.42 Å². The Morgan fingerprint density at radius 1 is 1.41 bits per heavy atom. The van der Waals surface area contributed by atoms with E-state index >= 15 is 0 Å². The van der Waals surface area contributed by atoms with Crippen LogP contribution in [0.2, 0.25) is 5.02 Å². The Balaban J connectivity index is 2.24. The molecule has 90 valence electrons. The van der Waals surface area contributed by atoms with Crippen molar-refractivity contribution < 1.29 is 8.91 Å². The van der Waals surface area contributed by atoms with E-state index in [2.05, 4.69) is 10.1 Å². The molecule has 0 unspecified atom stereocenters.